The first-order chi connectivity index (χ1) is 13.2. The van der Waals surface area contributed by atoms with Crippen LogP contribution in [0.15, 0.2) is 54.6 Å². The van der Waals surface area contributed by atoms with Crippen LogP contribution in [0.4, 0.5) is 0 Å². The fraction of sp³-hybridized carbons (Fsp3) is 0.435. The zero-order chi connectivity index (χ0) is 18.6. The molecule has 3 aliphatic rings. The highest BCUT2D eigenvalue weighted by Crippen LogP contribution is 2.30. The molecule has 2 atom stereocenters. The van der Waals surface area contributed by atoms with E-state index in [0.717, 1.165) is 43.6 Å². The van der Waals surface area contributed by atoms with Gasteiger partial charge >= 0.3 is 5.97 Å². The number of hydrogen-bond acceptors (Lipinski definition) is 4. The van der Waals surface area contributed by atoms with Crippen molar-refractivity contribution in [2.45, 2.75) is 38.5 Å². The molecule has 0 aromatic heterocycles. The van der Waals surface area contributed by atoms with E-state index in [1.165, 1.54) is 5.56 Å². The molecule has 0 aliphatic carbocycles. The summed E-state index contributed by atoms with van der Waals surface area (Å²) in [6, 6.07) is 17.8. The lowest BCUT2D eigenvalue weighted by atomic mass is 9.86. The van der Waals surface area contributed by atoms with E-state index in [-0.39, 0.29) is 12.1 Å². The smallest absolute Gasteiger partial charge is 0.328 e. The molecule has 3 fully saturated rings. The average molecular weight is 364 g/mol. The van der Waals surface area contributed by atoms with E-state index in [9.17, 15) is 4.79 Å². The van der Waals surface area contributed by atoms with Gasteiger partial charge in [-0.15, -0.1) is 0 Å². The van der Waals surface area contributed by atoms with Crippen molar-refractivity contribution in [3.63, 3.8) is 0 Å². The standard InChI is InChI=1S/C23H28N2O2/c1-17-7-9-18(10-8-17)15-24-22(20-5-3-2-4-6-20)23(26)27-21-16-25-13-11-19(21)12-14-25/h2-10,19,21-22,24H,11-16H2,1H3/t21-,22?/m0/s1. The molecule has 1 unspecified atom stereocenters. The van der Waals surface area contributed by atoms with E-state index in [1.54, 1.807) is 0 Å². The van der Waals surface area contributed by atoms with Gasteiger partial charge in [0, 0.05) is 13.1 Å². The summed E-state index contributed by atoms with van der Waals surface area (Å²) in [5.74, 6) is 0.361. The molecule has 3 saturated heterocycles. The van der Waals surface area contributed by atoms with Gasteiger partial charge in [-0.2, -0.15) is 0 Å². The lowest BCUT2D eigenvalue weighted by molar-refractivity contribution is -0.161. The van der Waals surface area contributed by atoms with Crippen LogP contribution in [0.25, 0.3) is 0 Å². The molecule has 3 aliphatic heterocycles. The zero-order valence-corrected chi connectivity index (χ0v) is 15.9. The van der Waals surface area contributed by atoms with Gasteiger partial charge in [-0.3, -0.25) is 10.2 Å². The Balaban J connectivity index is 1.45. The summed E-state index contributed by atoms with van der Waals surface area (Å²) in [4.78, 5) is 15.5. The number of piperidine rings is 3. The second-order valence-electron chi connectivity index (χ2n) is 7.82. The maximum atomic E-state index is 13.1. The largest absolute Gasteiger partial charge is 0.459 e. The van der Waals surface area contributed by atoms with Crippen LogP contribution in [0, 0.1) is 12.8 Å². The minimum atomic E-state index is -0.442. The van der Waals surface area contributed by atoms with Crippen LogP contribution in [0.1, 0.15) is 35.6 Å². The summed E-state index contributed by atoms with van der Waals surface area (Å²) in [7, 11) is 0. The average Bonchev–Trinajstić information content (AvgIpc) is 2.71. The maximum Gasteiger partial charge on any atom is 0.328 e. The molecule has 2 bridgehead atoms. The summed E-state index contributed by atoms with van der Waals surface area (Å²) < 4.78 is 6.01. The van der Waals surface area contributed by atoms with Crippen LogP contribution in [0.5, 0.6) is 0 Å². The lowest BCUT2D eigenvalue weighted by Gasteiger charge is -2.44. The van der Waals surface area contributed by atoms with E-state index >= 15 is 0 Å². The summed E-state index contributed by atoms with van der Waals surface area (Å²) in [6.45, 7) is 5.89. The summed E-state index contributed by atoms with van der Waals surface area (Å²) >= 11 is 0. The molecule has 5 rings (SSSR count). The second-order valence-corrected chi connectivity index (χ2v) is 7.82. The molecule has 1 N–H and O–H groups in total. The molecule has 0 radical (unpaired) electrons. The van der Waals surface area contributed by atoms with E-state index in [2.05, 4.69) is 41.4 Å². The SMILES string of the molecule is Cc1ccc(CNC(C(=O)O[C@H]2CN3CCC2CC3)c2ccccc2)cc1. The quantitative estimate of drug-likeness (QED) is 0.797. The number of nitrogens with zero attached hydrogens (tertiary/aromatic N) is 1. The molecule has 142 valence electrons. The van der Waals surface area contributed by atoms with Gasteiger partial charge in [-0.1, -0.05) is 60.2 Å². The summed E-state index contributed by atoms with van der Waals surface area (Å²) in [6.07, 6.45) is 2.32. The van der Waals surface area contributed by atoms with Gasteiger partial charge < -0.3 is 4.74 Å². The van der Waals surface area contributed by atoms with Crippen LogP contribution in [-0.2, 0) is 16.1 Å². The van der Waals surface area contributed by atoms with E-state index in [0.29, 0.717) is 12.5 Å². The van der Waals surface area contributed by atoms with E-state index in [1.807, 2.05) is 30.3 Å². The molecule has 4 nitrogen and oxygen atoms in total. The van der Waals surface area contributed by atoms with Gasteiger partial charge in [-0.25, -0.2) is 4.79 Å². The number of esters is 1. The second kappa shape index (κ2) is 8.24. The van der Waals surface area contributed by atoms with Crippen molar-refractivity contribution < 1.29 is 9.53 Å². The molecule has 4 heteroatoms. The van der Waals surface area contributed by atoms with Crippen molar-refractivity contribution in [1.82, 2.24) is 10.2 Å². The minimum absolute atomic E-state index is 0.0346. The normalized spacial score (nSPS) is 25.1. The van der Waals surface area contributed by atoms with Crippen molar-refractivity contribution in [1.29, 1.82) is 0 Å². The minimum Gasteiger partial charge on any atom is -0.459 e. The number of fused-ring (bicyclic) bond motifs is 3. The first kappa shape index (κ1) is 18.2. The highest BCUT2D eigenvalue weighted by molar-refractivity contribution is 5.78. The van der Waals surface area contributed by atoms with Crippen LogP contribution >= 0.6 is 0 Å². The summed E-state index contributed by atoms with van der Waals surface area (Å²) in [5, 5.41) is 3.42. The Bertz CT molecular complexity index is 752. The number of nitrogens with one attached hydrogen (secondary N) is 1. The number of ether oxygens (including phenoxy) is 1. The fourth-order valence-electron chi connectivity index (χ4n) is 4.17. The van der Waals surface area contributed by atoms with Crippen molar-refractivity contribution in [2.24, 2.45) is 5.92 Å². The predicted octanol–water partition coefficient (Wildman–Crippen LogP) is 3.46. The third-order valence-electron chi connectivity index (χ3n) is 5.86. The molecule has 0 amide bonds. The first-order valence-electron chi connectivity index (χ1n) is 9.96. The number of hydrogen-bond donors (Lipinski definition) is 1. The van der Waals surface area contributed by atoms with Gasteiger partial charge in [-0.05, 0) is 49.9 Å². The molecule has 2 aromatic rings. The van der Waals surface area contributed by atoms with Crippen molar-refractivity contribution >= 4 is 5.97 Å². The highest BCUT2D eigenvalue weighted by atomic mass is 16.5. The highest BCUT2D eigenvalue weighted by Gasteiger charge is 2.37. The number of aryl methyl sites for hydroxylation is 1. The van der Waals surface area contributed by atoms with Crippen LogP contribution in [0.2, 0.25) is 0 Å². The molecular formula is C23H28N2O2. The topological polar surface area (TPSA) is 41.6 Å². The molecule has 0 spiro atoms. The molecular weight excluding hydrogens is 336 g/mol. The summed E-state index contributed by atoms with van der Waals surface area (Å²) in [5.41, 5.74) is 3.35. The van der Waals surface area contributed by atoms with Gasteiger partial charge in [0.1, 0.15) is 12.1 Å². The zero-order valence-electron chi connectivity index (χ0n) is 15.9. The predicted molar refractivity (Wildman–Crippen MR) is 106 cm³/mol. The number of carbonyl (C=O) groups excluding carboxylic acids is 1. The Morgan fingerprint density at radius 3 is 2.44 bits per heavy atom. The molecule has 3 heterocycles. The van der Waals surface area contributed by atoms with E-state index in [4.69, 9.17) is 4.74 Å². The van der Waals surface area contributed by atoms with Crippen LogP contribution in [0.3, 0.4) is 0 Å². The van der Waals surface area contributed by atoms with Gasteiger partial charge in [0.25, 0.3) is 0 Å². The van der Waals surface area contributed by atoms with Crippen molar-refractivity contribution in [2.75, 3.05) is 19.6 Å². The monoisotopic (exact) mass is 364 g/mol. The van der Waals surface area contributed by atoms with Gasteiger partial charge in [0.15, 0.2) is 0 Å². The third-order valence-corrected chi connectivity index (χ3v) is 5.86. The Labute approximate surface area is 161 Å². The Morgan fingerprint density at radius 1 is 1.11 bits per heavy atom. The van der Waals surface area contributed by atoms with Crippen molar-refractivity contribution in [3.05, 3.63) is 71.3 Å². The van der Waals surface area contributed by atoms with Crippen LogP contribution < -0.4 is 5.32 Å². The Morgan fingerprint density at radius 2 is 1.81 bits per heavy atom. The molecule has 27 heavy (non-hydrogen) atoms. The van der Waals surface area contributed by atoms with E-state index < -0.39 is 6.04 Å². The maximum absolute atomic E-state index is 13.1. The number of benzene rings is 2. The van der Waals surface area contributed by atoms with Crippen LogP contribution in [-0.4, -0.2) is 36.6 Å². The molecule has 0 saturated carbocycles. The first-order valence-corrected chi connectivity index (χ1v) is 9.96. The fourth-order valence-corrected chi connectivity index (χ4v) is 4.17. The third kappa shape index (κ3) is 4.40. The molecule has 2 aromatic carbocycles. The lowest BCUT2D eigenvalue weighted by Crippen LogP contribution is -2.52. The Hall–Kier alpha value is -2.17. The van der Waals surface area contributed by atoms with Gasteiger partial charge in [0.05, 0.1) is 0 Å². The Kier molecular flexibility index (Phi) is 5.55. The van der Waals surface area contributed by atoms with Crippen molar-refractivity contribution in [3.8, 4) is 0 Å². The number of rotatable bonds is 6. The van der Waals surface area contributed by atoms with Gasteiger partial charge in [0.2, 0.25) is 0 Å². The number of carbonyl (C=O) groups is 1.